The van der Waals surface area contributed by atoms with Gasteiger partial charge >= 0.3 is 0 Å². The van der Waals surface area contributed by atoms with E-state index in [9.17, 15) is 0 Å². The Morgan fingerprint density at radius 1 is 1.23 bits per heavy atom. The topological polar surface area (TPSA) is 106 Å². The maximum Gasteiger partial charge on any atom is 0.224 e. The van der Waals surface area contributed by atoms with Gasteiger partial charge in [0, 0.05) is 0 Å². The molecule has 2 heterocycles. The van der Waals surface area contributed by atoms with Crippen molar-refractivity contribution in [3.8, 4) is 0 Å². The Hall–Kier alpha value is -1.50. The van der Waals surface area contributed by atoms with Gasteiger partial charge in [0.25, 0.3) is 0 Å². The van der Waals surface area contributed by atoms with Gasteiger partial charge in [-0.2, -0.15) is 9.97 Å². The quantitative estimate of drug-likeness (QED) is 0.564. The lowest BCUT2D eigenvalue weighted by Gasteiger charge is -1.94. The van der Waals surface area contributed by atoms with Crippen LogP contribution >= 0.6 is 11.8 Å². The molecule has 0 saturated carbocycles. The van der Waals surface area contributed by atoms with Gasteiger partial charge in [0.2, 0.25) is 5.95 Å². The molecule has 0 saturated heterocycles. The third-order valence-electron chi connectivity index (χ3n) is 1.57. The van der Waals surface area contributed by atoms with Crippen LogP contribution in [0, 0.1) is 0 Å². The highest BCUT2D eigenvalue weighted by molar-refractivity contribution is 7.98. The molecular weight excluding hydrogens is 188 g/mol. The van der Waals surface area contributed by atoms with Crippen LogP contribution in [0.25, 0.3) is 11.2 Å². The van der Waals surface area contributed by atoms with Crippen LogP contribution in [0.3, 0.4) is 0 Å². The van der Waals surface area contributed by atoms with Crippen molar-refractivity contribution in [1.82, 2.24) is 19.9 Å². The van der Waals surface area contributed by atoms with Crippen LogP contribution in [-0.4, -0.2) is 26.2 Å². The van der Waals surface area contributed by atoms with Gasteiger partial charge in [-0.15, -0.1) is 0 Å². The fourth-order valence-corrected chi connectivity index (χ4v) is 1.39. The Morgan fingerprint density at radius 2 is 2.00 bits per heavy atom. The molecule has 13 heavy (non-hydrogen) atoms. The van der Waals surface area contributed by atoms with Gasteiger partial charge < -0.3 is 16.5 Å². The second-order valence-electron chi connectivity index (χ2n) is 2.41. The molecule has 0 aromatic carbocycles. The highest BCUT2D eigenvalue weighted by Gasteiger charge is 2.07. The van der Waals surface area contributed by atoms with E-state index < -0.39 is 0 Å². The zero-order valence-electron chi connectivity index (χ0n) is 6.90. The predicted octanol–water partition coefficient (Wildman–Crippen LogP) is 0.239. The number of nitrogen functional groups attached to an aromatic ring is 2. The van der Waals surface area contributed by atoms with Gasteiger partial charge in [0.15, 0.2) is 16.6 Å². The molecule has 0 bridgehead atoms. The molecule has 68 valence electrons. The molecule has 0 fully saturated rings. The molecule has 0 spiro atoms. The number of thioether (sulfide) groups is 1. The van der Waals surface area contributed by atoms with Crippen LogP contribution < -0.4 is 11.5 Å². The number of imidazole rings is 1. The van der Waals surface area contributed by atoms with E-state index in [0.29, 0.717) is 17.0 Å². The van der Waals surface area contributed by atoms with Crippen molar-refractivity contribution in [2.75, 3.05) is 17.7 Å². The van der Waals surface area contributed by atoms with Crippen LogP contribution in [0.5, 0.6) is 0 Å². The average molecular weight is 196 g/mol. The van der Waals surface area contributed by atoms with E-state index in [1.165, 1.54) is 11.8 Å². The number of anilines is 2. The first-order valence-electron chi connectivity index (χ1n) is 3.53. The van der Waals surface area contributed by atoms with E-state index in [1.807, 2.05) is 6.26 Å². The second-order valence-corrected chi connectivity index (χ2v) is 3.21. The zero-order chi connectivity index (χ0) is 9.42. The Bertz CT molecular complexity index is 450. The number of nitrogens with one attached hydrogen (secondary N) is 1. The Kier molecular flexibility index (Phi) is 1.73. The first-order chi connectivity index (χ1) is 6.20. The normalized spacial score (nSPS) is 10.8. The maximum absolute atomic E-state index is 5.61. The lowest BCUT2D eigenvalue weighted by atomic mass is 10.5. The minimum atomic E-state index is 0.143. The Labute approximate surface area is 78.1 Å². The zero-order valence-corrected chi connectivity index (χ0v) is 7.72. The van der Waals surface area contributed by atoms with Crippen molar-refractivity contribution in [1.29, 1.82) is 0 Å². The van der Waals surface area contributed by atoms with Crippen LogP contribution in [0.15, 0.2) is 5.16 Å². The summed E-state index contributed by atoms with van der Waals surface area (Å²) in [7, 11) is 0. The molecule has 0 atom stereocenters. The number of H-pyrrole nitrogens is 1. The summed E-state index contributed by atoms with van der Waals surface area (Å²) in [6.45, 7) is 0. The molecule has 6 nitrogen and oxygen atoms in total. The standard InChI is InChI=1S/C6H8N6S/c1-13-6-9-2-3(7)10-5(8)11-4(2)12-6/h1H3,(H5,7,8,9,10,11,12). The number of nitrogens with zero attached hydrogens (tertiary/aromatic N) is 3. The molecule has 2 aromatic heterocycles. The van der Waals surface area contributed by atoms with Crippen molar-refractivity contribution in [2.24, 2.45) is 0 Å². The predicted molar refractivity (Wildman–Crippen MR) is 52.3 cm³/mol. The fourth-order valence-electron chi connectivity index (χ4n) is 1.01. The first kappa shape index (κ1) is 8.11. The highest BCUT2D eigenvalue weighted by atomic mass is 32.2. The summed E-state index contributed by atoms with van der Waals surface area (Å²) in [5.41, 5.74) is 12.2. The Morgan fingerprint density at radius 3 is 2.69 bits per heavy atom. The van der Waals surface area contributed by atoms with E-state index in [4.69, 9.17) is 11.5 Å². The number of aromatic nitrogens is 4. The van der Waals surface area contributed by atoms with Gasteiger partial charge in [-0.05, 0) is 6.26 Å². The number of nitrogens with two attached hydrogens (primary N) is 2. The smallest absolute Gasteiger partial charge is 0.224 e. The summed E-state index contributed by atoms with van der Waals surface area (Å²) in [6, 6.07) is 0. The minimum absolute atomic E-state index is 0.143. The molecule has 0 aliphatic carbocycles. The lowest BCUT2D eigenvalue weighted by Crippen LogP contribution is -1.99. The lowest BCUT2D eigenvalue weighted by molar-refractivity contribution is 1.08. The van der Waals surface area contributed by atoms with Crippen LogP contribution in [0.1, 0.15) is 0 Å². The average Bonchev–Trinajstić information content (AvgIpc) is 2.47. The maximum atomic E-state index is 5.61. The summed E-state index contributed by atoms with van der Waals surface area (Å²) < 4.78 is 0. The van der Waals surface area contributed by atoms with Crippen molar-refractivity contribution in [2.45, 2.75) is 5.16 Å². The van der Waals surface area contributed by atoms with Crippen LogP contribution in [0.2, 0.25) is 0 Å². The summed E-state index contributed by atoms with van der Waals surface area (Å²) in [6.07, 6.45) is 1.91. The second kappa shape index (κ2) is 2.77. The summed E-state index contributed by atoms with van der Waals surface area (Å²) in [5.74, 6) is 0.472. The third-order valence-corrected chi connectivity index (χ3v) is 2.15. The van der Waals surface area contributed by atoms with E-state index >= 15 is 0 Å². The van der Waals surface area contributed by atoms with Crippen molar-refractivity contribution in [3.05, 3.63) is 0 Å². The van der Waals surface area contributed by atoms with E-state index in [0.717, 1.165) is 5.16 Å². The van der Waals surface area contributed by atoms with Gasteiger partial charge in [-0.1, -0.05) is 11.8 Å². The Balaban J connectivity index is 2.75. The van der Waals surface area contributed by atoms with Crippen LogP contribution in [-0.2, 0) is 0 Å². The van der Waals surface area contributed by atoms with Gasteiger partial charge in [0.1, 0.15) is 5.52 Å². The van der Waals surface area contributed by atoms with Crippen molar-refractivity contribution < 1.29 is 0 Å². The molecule has 0 radical (unpaired) electrons. The molecule has 0 unspecified atom stereocenters. The molecular formula is C6H8N6S. The molecule has 0 aliphatic heterocycles. The monoisotopic (exact) mass is 196 g/mol. The van der Waals surface area contributed by atoms with E-state index in [1.54, 1.807) is 0 Å². The first-order valence-corrected chi connectivity index (χ1v) is 4.76. The molecule has 2 rings (SSSR count). The summed E-state index contributed by atoms with van der Waals surface area (Å²) in [4.78, 5) is 14.9. The third kappa shape index (κ3) is 1.26. The van der Waals surface area contributed by atoms with Crippen molar-refractivity contribution in [3.63, 3.8) is 0 Å². The molecule has 0 aliphatic rings. The van der Waals surface area contributed by atoms with Crippen LogP contribution in [0.4, 0.5) is 11.8 Å². The molecule has 5 N–H and O–H groups in total. The largest absolute Gasteiger partial charge is 0.382 e. The molecule has 7 heteroatoms. The van der Waals surface area contributed by atoms with E-state index in [2.05, 4.69) is 19.9 Å². The van der Waals surface area contributed by atoms with Gasteiger partial charge in [0.05, 0.1) is 0 Å². The fraction of sp³-hybridized carbons (Fsp3) is 0.167. The summed E-state index contributed by atoms with van der Waals surface area (Å²) in [5, 5.41) is 0.751. The number of aromatic amines is 1. The van der Waals surface area contributed by atoms with E-state index in [-0.39, 0.29) is 5.95 Å². The number of hydrogen-bond donors (Lipinski definition) is 3. The van der Waals surface area contributed by atoms with Gasteiger partial charge in [-0.25, -0.2) is 4.98 Å². The SMILES string of the molecule is CSc1nc2nc(N)nc(N)c2[nH]1. The van der Waals surface area contributed by atoms with Crippen molar-refractivity contribution >= 4 is 34.7 Å². The summed E-state index contributed by atoms with van der Waals surface area (Å²) >= 11 is 1.48. The number of fused-ring (bicyclic) bond motifs is 1. The number of hydrogen-bond acceptors (Lipinski definition) is 6. The van der Waals surface area contributed by atoms with Gasteiger partial charge in [-0.3, -0.25) is 0 Å². The molecule has 0 amide bonds. The molecule has 2 aromatic rings. The highest BCUT2D eigenvalue weighted by Crippen LogP contribution is 2.19. The minimum Gasteiger partial charge on any atom is -0.382 e. The number of rotatable bonds is 1.